The molecule has 0 radical (unpaired) electrons. The summed E-state index contributed by atoms with van der Waals surface area (Å²) in [6.07, 6.45) is 5.49. The highest BCUT2D eigenvalue weighted by molar-refractivity contribution is 5.93. The predicted molar refractivity (Wildman–Crippen MR) is 70.1 cm³/mol. The molecule has 0 bridgehead atoms. The van der Waals surface area contributed by atoms with Gasteiger partial charge in [0.15, 0.2) is 0 Å². The van der Waals surface area contributed by atoms with Gasteiger partial charge in [0, 0.05) is 19.3 Å². The smallest absolute Gasteiger partial charge is 0.311 e. The Balaban J connectivity index is 1.82. The minimum atomic E-state index is -0.773. The van der Waals surface area contributed by atoms with Gasteiger partial charge in [0.05, 0.1) is 17.3 Å². The molecule has 2 fully saturated rings. The molecule has 0 unspecified atom stereocenters. The monoisotopic (exact) mass is 275 g/mol. The van der Waals surface area contributed by atoms with Crippen LogP contribution in [0.25, 0.3) is 0 Å². The van der Waals surface area contributed by atoms with Crippen LogP contribution in [0.1, 0.15) is 35.4 Å². The molecule has 1 amide bonds. The third-order valence-electron chi connectivity index (χ3n) is 4.58. The molecule has 3 rings (SSSR count). The van der Waals surface area contributed by atoms with Crippen molar-refractivity contribution in [3.8, 4) is 0 Å². The van der Waals surface area contributed by atoms with Gasteiger partial charge in [-0.1, -0.05) is 6.42 Å². The first-order valence-corrected chi connectivity index (χ1v) is 6.84. The van der Waals surface area contributed by atoms with Gasteiger partial charge in [-0.25, -0.2) is 4.98 Å². The van der Waals surface area contributed by atoms with Crippen LogP contribution in [-0.2, 0) is 4.79 Å². The second kappa shape index (κ2) is 4.54. The number of hydrogen-bond acceptors (Lipinski definition) is 4. The molecule has 2 atom stereocenters. The number of carbonyl (C=O) groups excluding carboxylic acids is 1. The molecule has 20 heavy (non-hydrogen) atoms. The molecule has 0 spiro atoms. The number of likely N-dealkylation sites (tertiary alicyclic amines) is 1. The molecule has 106 valence electrons. The summed E-state index contributed by atoms with van der Waals surface area (Å²) >= 11 is 0. The van der Waals surface area contributed by atoms with E-state index >= 15 is 0 Å². The Bertz CT molecular complexity index is 557. The fourth-order valence-corrected chi connectivity index (χ4v) is 3.46. The van der Waals surface area contributed by atoms with E-state index in [0.29, 0.717) is 19.5 Å². The second-order valence-electron chi connectivity index (χ2n) is 5.78. The number of carbonyl (C=O) groups is 2. The van der Waals surface area contributed by atoms with Crippen LogP contribution in [0.4, 0.5) is 0 Å². The highest BCUT2D eigenvalue weighted by Gasteiger charge is 2.55. The molecule has 1 aliphatic carbocycles. The van der Waals surface area contributed by atoms with Crippen molar-refractivity contribution < 1.29 is 14.7 Å². The average Bonchev–Trinajstić information content (AvgIpc) is 2.96. The molecule has 1 saturated carbocycles. The molecule has 6 nitrogen and oxygen atoms in total. The second-order valence-corrected chi connectivity index (χ2v) is 5.78. The van der Waals surface area contributed by atoms with Gasteiger partial charge in [0.25, 0.3) is 5.91 Å². The van der Waals surface area contributed by atoms with Crippen molar-refractivity contribution >= 4 is 11.9 Å². The van der Waals surface area contributed by atoms with Gasteiger partial charge in [-0.15, -0.1) is 0 Å². The van der Waals surface area contributed by atoms with E-state index in [4.69, 9.17) is 0 Å². The van der Waals surface area contributed by atoms with Crippen molar-refractivity contribution in [3.63, 3.8) is 0 Å². The lowest BCUT2D eigenvalue weighted by atomic mass is 9.81. The lowest BCUT2D eigenvalue weighted by Crippen LogP contribution is -2.37. The SMILES string of the molecule is Cc1cnc(C(=O)N2C[C@@H]3CCC[C@@]3(C(=O)O)C2)cn1. The standard InChI is InChI=1S/C14H17N3O3/c1-9-5-16-11(6-15-9)12(18)17-7-10-3-2-4-14(10,8-17)13(19)20/h5-6,10H,2-4,7-8H2,1H3,(H,19,20)/t10-,14+/m0/s1. The molecule has 6 heteroatoms. The van der Waals surface area contributed by atoms with Crippen molar-refractivity contribution in [2.24, 2.45) is 11.3 Å². The maximum Gasteiger partial charge on any atom is 0.311 e. The molecule has 2 heterocycles. The number of aryl methyl sites for hydroxylation is 1. The van der Waals surface area contributed by atoms with Crippen LogP contribution in [-0.4, -0.2) is 44.9 Å². The molecule has 1 aromatic heterocycles. The molecule has 1 saturated heterocycles. The van der Waals surface area contributed by atoms with Gasteiger partial charge in [0.2, 0.25) is 0 Å². The van der Waals surface area contributed by atoms with Crippen molar-refractivity contribution in [2.75, 3.05) is 13.1 Å². The van der Waals surface area contributed by atoms with Crippen molar-refractivity contribution in [2.45, 2.75) is 26.2 Å². The zero-order valence-corrected chi connectivity index (χ0v) is 11.4. The van der Waals surface area contributed by atoms with Crippen LogP contribution in [0, 0.1) is 18.3 Å². The van der Waals surface area contributed by atoms with E-state index in [1.165, 1.54) is 6.20 Å². The number of nitrogens with zero attached hydrogens (tertiary/aromatic N) is 3. The number of amides is 1. The molecule has 2 aliphatic rings. The Kier molecular flexibility index (Phi) is 2.96. The van der Waals surface area contributed by atoms with Crippen LogP contribution in [0.2, 0.25) is 0 Å². The van der Waals surface area contributed by atoms with Crippen LogP contribution in [0.5, 0.6) is 0 Å². The number of aliphatic carboxylic acids is 1. The molecular weight excluding hydrogens is 258 g/mol. The third kappa shape index (κ3) is 1.87. The topological polar surface area (TPSA) is 83.4 Å². The number of carboxylic acid groups (broad SMARTS) is 1. The normalized spacial score (nSPS) is 28.4. The summed E-state index contributed by atoms with van der Waals surface area (Å²) in [6.45, 7) is 2.61. The first-order valence-electron chi connectivity index (χ1n) is 6.84. The van der Waals surface area contributed by atoms with E-state index in [-0.39, 0.29) is 17.5 Å². The molecule has 0 aromatic carbocycles. The Labute approximate surface area is 116 Å². The zero-order chi connectivity index (χ0) is 14.3. The summed E-state index contributed by atoms with van der Waals surface area (Å²) in [5.74, 6) is -0.917. The first-order chi connectivity index (χ1) is 9.53. The van der Waals surface area contributed by atoms with E-state index < -0.39 is 11.4 Å². The minimum Gasteiger partial charge on any atom is -0.481 e. The van der Waals surface area contributed by atoms with E-state index in [9.17, 15) is 14.7 Å². The number of aromatic nitrogens is 2. The van der Waals surface area contributed by atoms with E-state index in [1.807, 2.05) is 0 Å². The number of fused-ring (bicyclic) bond motifs is 1. The number of rotatable bonds is 2. The summed E-state index contributed by atoms with van der Waals surface area (Å²) < 4.78 is 0. The third-order valence-corrected chi connectivity index (χ3v) is 4.58. The van der Waals surface area contributed by atoms with Crippen molar-refractivity contribution in [3.05, 3.63) is 23.8 Å². The van der Waals surface area contributed by atoms with E-state index in [2.05, 4.69) is 9.97 Å². The van der Waals surface area contributed by atoms with Crippen molar-refractivity contribution in [1.82, 2.24) is 14.9 Å². The summed E-state index contributed by atoms with van der Waals surface area (Å²) in [6, 6.07) is 0. The number of carboxylic acids is 1. The highest BCUT2D eigenvalue weighted by atomic mass is 16.4. The van der Waals surface area contributed by atoms with Crippen LogP contribution < -0.4 is 0 Å². The highest BCUT2D eigenvalue weighted by Crippen LogP contribution is 2.49. The maximum atomic E-state index is 12.4. The molecule has 1 aromatic rings. The van der Waals surface area contributed by atoms with Crippen LogP contribution in [0.15, 0.2) is 12.4 Å². The molecular formula is C14H17N3O3. The van der Waals surface area contributed by atoms with E-state index in [0.717, 1.165) is 18.5 Å². The first kappa shape index (κ1) is 13.0. The quantitative estimate of drug-likeness (QED) is 0.874. The van der Waals surface area contributed by atoms with E-state index in [1.54, 1.807) is 18.0 Å². The summed E-state index contributed by atoms with van der Waals surface area (Å²) in [5, 5.41) is 9.51. The number of hydrogen-bond donors (Lipinski definition) is 1. The lowest BCUT2D eigenvalue weighted by molar-refractivity contribution is -0.149. The Morgan fingerprint density at radius 2 is 2.20 bits per heavy atom. The van der Waals surface area contributed by atoms with Gasteiger partial charge in [-0.3, -0.25) is 14.6 Å². The Morgan fingerprint density at radius 1 is 1.40 bits per heavy atom. The fourth-order valence-electron chi connectivity index (χ4n) is 3.46. The van der Waals surface area contributed by atoms with Gasteiger partial charge in [-0.2, -0.15) is 0 Å². The van der Waals surface area contributed by atoms with Gasteiger partial charge in [0.1, 0.15) is 5.69 Å². The lowest BCUT2D eigenvalue weighted by Gasteiger charge is -2.23. The Morgan fingerprint density at radius 3 is 2.80 bits per heavy atom. The summed E-state index contributed by atoms with van der Waals surface area (Å²) in [7, 11) is 0. The summed E-state index contributed by atoms with van der Waals surface area (Å²) in [5.41, 5.74) is 0.298. The fraction of sp³-hybridized carbons (Fsp3) is 0.571. The molecule has 1 aliphatic heterocycles. The van der Waals surface area contributed by atoms with Gasteiger partial charge in [-0.05, 0) is 25.7 Å². The van der Waals surface area contributed by atoms with Crippen molar-refractivity contribution in [1.29, 1.82) is 0 Å². The Hall–Kier alpha value is -1.98. The van der Waals surface area contributed by atoms with Gasteiger partial charge < -0.3 is 10.0 Å². The minimum absolute atomic E-state index is 0.0716. The maximum absolute atomic E-state index is 12.4. The van der Waals surface area contributed by atoms with Crippen LogP contribution >= 0.6 is 0 Å². The average molecular weight is 275 g/mol. The summed E-state index contributed by atoms with van der Waals surface area (Å²) in [4.78, 5) is 33.7. The van der Waals surface area contributed by atoms with Gasteiger partial charge >= 0.3 is 5.97 Å². The zero-order valence-electron chi connectivity index (χ0n) is 11.4. The van der Waals surface area contributed by atoms with Crippen LogP contribution in [0.3, 0.4) is 0 Å². The largest absolute Gasteiger partial charge is 0.481 e. The predicted octanol–water partition coefficient (Wildman–Crippen LogP) is 1.11. The molecule has 1 N–H and O–H groups in total.